The Morgan fingerprint density at radius 3 is 1.80 bits per heavy atom. The molecule has 46 heavy (non-hydrogen) atoms. The number of carbonyl (C=O) groups excluding carboxylic acids is 2. The van der Waals surface area contributed by atoms with Crippen molar-refractivity contribution in [3.05, 3.63) is 144 Å². The molecule has 0 radical (unpaired) electrons. The Labute approximate surface area is 273 Å². The number of anilines is 1. The van der Waals surface area contributed by atoms with E-state index in [0.717, 1.165) is 16.7 Å². The molecule has 1 unspecified atom stereocenters. The smallest absolute Gasteiger partial charge is 0.333 e. The average Bonchev–Trinajstić information content (AvgIpc) is 3.29. The molecule has 1 amide bonds. The van der Waals surface area contributed by atoms with Crippen LogP contribution in [0.15, 0.2) is 121 Å². The Kier molecular flexibility index (Phi) is 9.33. The van der Waals surface area contributed by atoms with Gasteiger partial charge in [0.2, 0.25) is 0 Å². The lowest BCUT2D eigenvalue weighted by Crippen LogP contribution is -2.59. The summed E-state index contributed by atoms with van der Waals surface area (Å²) in [6.45, 7) is 11.4. The van der Waals surface area contributed by atoms with Gasteiger partial charge >= 0.3 is 5.97 Å². The highest BCUT2D eigenvalue weighted by atomic mass is 32.2. The summed E-state index contributed by atoms with van der Waals surface area (Å²) in [5.74, 6) is -0.510. The number of benzene rings is 4. The van der Waals surface area contributed by atoms with Crippen molar-refractivity contribution in [1.29, 1.82) is 0 Å². The van der Waals surface area contributed by atoms with E-state index < -0.39 is 38.7 Å². The maximum atomic E-state index is 15.7. The van der Waals surface area contributed by atoms with Crippen LogP contribution in [-0.2, 0) is 36.4 Å². The second-order valence-corrected chi connectivity index (χ2v) is 14.2. The van der Waals surface area contributed by atoms with Crippen molar-refractivity contribution >= 4 is 28.5 Å². The third-order valence-corrected chi connectivity index (χ3v) is 9.89. The van der Waals surface area contributed by atoms with Crippen LogP contribution in [0.3, 0.4) is 0 Å². The van der Waals surface area contributed by atoms with Crippen molar-refractivity contribution < 1.29 is 23.3 Å². The summed E-state index contributed by atoms with van der Waals surface area (Å²) in [6.07, 6.45) is -0.183. The normalized spacial score (nSPS) is 16.9. The Balaban J connectivity index is 1.90. The first-order valence-corrected chi connectivity index (χ1v) is 16.4. The molecule has 0 bridgehead atoms. The van der Waals surface area contributed by atoms with E-state index in [1.54, 1.807) is 25.0 Å². The van der Waals surface area contributed by atoms with Gasteiger partial charge in [-0.3, -0.25) is 9.69 Å². The SMILES string of the molecule is C=C(C[C@@]1(NS(=O)C(C)(C)C)C(=O)N(C(c2ccccc2)(c2ccccc2)c2ccccc2)c2ccc(OC)cc21)C(=O)OCC. The van der Waals surface area contributed by atoms with Gasteiger partial charge in [-0.05, 0) is 62.6 Å². The van der Waals surface area contributed by atoms with Crippen LogP contribution in [0, 0.1) is 0 Å². The second kappa shape index (κ2) is 13.1. The average molecular weight is 637 g/mol. The van der Waals surface area contributed by atoms with Crippen molar-refractivity contribution in [2.45, 2.75) is 49.9 Å². The third kappa shape index (κ3) is 5.67. The highest BCUT2D eigenvalue weighted by Gasteiger charge is 2.60. The number of carbonyl (C=O) groups is 2. The number of hydrogen-bond donors (Lipinski definition) is 1. The van der Waals surface area contributed by atoms with Crippen molar-refractivity contribution in [2.75, 3.05) is 18.6 Å². The first-order valence-electron chi connectivity index (χ1n) is 15.2. The fourth-order valence-corrected chi connectivity index (χ4v) is 6.99. The van der Waals surface area contributed by atoms with Gasteiger partial charge in [0.15, 0.2) is 0 Å². The highest BCUT2D eigenvalue weighted by Crippen LogP contribution is 2.54. The standard InChI is InChI=1S/C38H40N2O5S/c1-7-45-34(41)27(2)26-37(39-46(43)36(3,4)5)32-25-31(44-6)23-24-33(32)40(35(37)42)38(28-17-11-8-12-18-28,29-19-13-9-14-20-29)30-21-15-10-16-22-30/h8-25,39H,2,7,26H2,1,3-6H3/t37-,46?/m0/s1. The minimum Gasteiger partial charge on any atom is -0.497 e. The molecule has 238 valence electrons. The maximum absolute atomic E-state index is 15.7. The maximum Gasteiger partial charge on any atom is 0.333 e. The van der Waals surface area contributed by atoms with Gasteiger partial charge in [-0.1, -0.05) is 97.6 Å². The van der Waals surface area contributed by atoms with Gasteiger partial charge in [0.05, 0.1) is 35.1 Å². The van der Waals surface area contributed by atoms with Crippen molar-refractivity contribution in [1.82, 2.24) is 4.72 Å². The van der Waals surface area contributed by atoms with Crippen LogP contribution >= 0.6 is 0 Å². The minimum atomic E-state index is -1.74. The molecule has 0 aromatic heterocycles. The van der Waals surface area contributed by atoms with E-state index in [1.807, 2.05) is 124 Å². The summed E-state index contributed by atoms with van der Waals surface area (Å²) in [5.41, 5.74) is 0.870. The molecule has 1 aliphatic rings. The first kappa shape index (κ1) is 32.9. The van der Waals surface area contributed by atoms with E-state index in [2.05, 4.69) is 11.3 Å². The van der Waals surface area contributed by atoms with E-state index in [-0.39, 0.29) is 18.6 Å². The molecular weight excluding hydrogens is 596 g/mol. The van der Waals surface area contributed by atoms with Crippen LogP contribution < -0.4 is 14.4 Å². The van der Waals surface area contributed by atoms with E-state index >= 15 is 4.79 Å². The highest BCUT2D eigenvalue weighted by molar-refractivity contribution is 7.84. The van der Waals surface area contributed by atoms with Gasteiger partial charge in [0.1, 0.15) is 16.8 Å². The van der Waals surface area contributed by atoms with Crippen molar-refractivity contribution in [2.24, 2.45) is 0 Å². The summed E-state index contributed by atoms with van der Waals surface area (Å²) < 4.78 is 27.5. The lowest BCUT2D eigenvalue weighted by Gasteiger charge is -2.45. The number of methoxy groups -OCH3 is 1. The van der Waals surface area contributed by atoms with E-state index in [0.29, 0.717) is 17.0 Å². The molecule has 0 aliphatic carbocycles. The van der Waals surface area contributed by atoms with Gasteiger partial charge in [0, 0.05) is 17.6 Å². The summed E-state index contributed by atoms with van der Waals surface area (Å²) in [5, 5.41) is 0. The van der Waals surface area contributed by atoms with Gasteiger partial charge in [0.25, 0.3) is 5.91 Å². The quantitative estimate of drug-likeness (QED) is 0.111. The molecule has 1 heterocycles. The summed E-state index contributed by atoms with van der Waals surface area (Å²) in [7, 11) is -0.189. The zero-order valence-electron chi connectivity index (χ0n) is 26.9. The molecular formula is C38H40N2O5S. The number of amides is 1. The Hall–Kier alpha value is -4.53. The predicted octanol–water partition coefficient (Wildman–Crippen LogP) is 6.79. The predicted molar refractivity (Wildman–Crippen MR) is 183 cm³/mol. The molecule has 4 aromatic rings. The molecule has 1 N–H and O–H groups in total. The number of fused-ring (bicyclic) bond motifs is 1. The lowest BCUT2D eigenvalue weighted by atomic mass is 9.75. The van der Waals surface area contributed by atoms with Gasteiger partial charge < -0.3 is 9.47 Å². The van der Waals surface area contributed by atoms with Crippen molar-refractivity contribution in [3.8, 4) is 5.75 Å². The molecule has 1 aliphatic heterocycles. The van der Waals surface area contributed by atoms with Crippen LogP contribution in [0.25, 0.3) is 0 Å². The molecule has 7 nitrogen and oxygen atoms in total. The molecule has 0 spiro atoms. The monoisotopic (exact) mass is 636 g/mol. The topological polar surface area (TPSA) is 84.9 Å². The van der Waals surface area contributed by atoms with E-state index in [1.165, 1.54) is 0 Å². The van der Waals surface area contributed by atoms with Gasteiger partial charge in [-0.15, -0.1) is 0 Å². The zero-order valence-corrected chi connectivity index (χ0v) is 27.7. The first-order chi connectivity index (χ1) is 22.0. The van der Waals surface area contributed by atoms with Gasteiger partial charge in [-0.2, -0.15) is 0 Å². The van der Waals surface area contributed by atoms with Gasteiger partial charge in [-0.25, -0.2) is 13.7 Å². The number of esters is 1. The molecule has 0 fully saturated rings. The number of nitrogens with one attached hydrogen (secondary N) is 1. The Morgan fingerprint density at radius 2 is 1.37 bits per heavy atom. The molecule has 0 saturated carbocycles. The summed E-state index contributed by atoms with van der Waals surface area (Å²) >= 11 is 0. The summed E-state index contributed by atoms with van der Waals surface area (Å²) in [4.78, 5) is 30.6. The molecule has 2 atom stereocenters. The summed E-state index contributed by atoms with van der Waals surface area (Å²) in [6, 6.07) is 35.0. The fraction of sp³-hybridized carbons (Fsp3) is 0.263. The van der Waals surface area contributed by atoms with Crippen LogP contribution in [0.4, 0.5) is 5.69 Å². The number of ether oxygens (including phenoxy) is 2. The molecule has 0 saturated heterocycles. The molecule has 5 rings (SSSR count). The van der Waals surface area contributed by atoms with Crippen molar-refractivity contribution in [3.63, 3.8) is 0 Å². The number of nitrogens with zero attached hydrogens (tertiary/aromatic N) is 1. The lowest BCUT2D eigenvalue weighted by molar-refractivity contribution is -0.138. The minimum absolute atomic E-state index is 0.0777. The molecule has 4 aromatic carbocycles. The zero-order chi connectivity index (χ0) is 33.1. The Morgan fingerprint density at radius 1 is 0.870 bits per heavy atom. The second-order valence-electron chi connectivity index (χ2n) is 12.2. The van der Waals surface area contributed by atoms with E-state index in [4.69, 9.17) is 9.47 Å². The van der Waals surface area contributed by atoms with Crippen LogP contribution in [0.1, 0.15) is 56.4 Å². The fourth-order valence-electron chi connectivity index (χ4n) is 6.10. The van der Waals surface area contributed by atoms with Crippen LogP contribution in [0.2, 0.25) is 0 Å². The Bertz CT molecular complexity index is 1660. The largest absolute Gasteiger partial charge is 0.497 e. The number of hydrogen-bond acceptors (Lipinski definition) is 5. The van der Waals surface area contributed by atoms with E-state index in [9.17, 15) is 9.00 Å². The number of rotatable bonds is 11. The van der Waals surface area contributed by atoms with Crippen LogP contribution in [0.5, 0.6) is 5.75 Å². The third-order valence-electron chi connectivity index (χ3n) is 8.25. The van der Waals surface area contributed by atoms with Crippen LogP contribution in [-0.4, -0.2) is 34.5 Å². The molecule has 8 heteroatoms.